The highest BCUT2D eigenvalue weighted by Crippen LogP contribution is 2.60. The summed E-state index contributed by atoms with van der Waals surface area (Å²) in [6.45, 7) is 20.6. The molecule has 0 atom stereocenters. The molecule has 3 nitrogen and oxygen atoms in total. The van der Waals surface area contributed by atoms with Crippen LogP contribution in [0.1, 0.15) is 52.7 Å². The molecule has 0 saturated carbocycles. The lowest BCUT2D eigenvalue weighted by Gasteiger charge is -2.44. The summed E-state index contributed by atoms with van der Waals surface area (Å²) in [6, 6.07) is 5.60. The van der Waals surface area contributed by atoms with E-state index in [2.05, 4.69) is 52.5 Å². The number of aromatic nitrogens is 1. The van der Waals surface area contributed by atoms with Gasteiger partial charge < -0.3 is 0 Å². The van der Waals surface area contributed by atoms with E-state index in [1.807, 2.05) is 0 Å². The van der Waals surface area contributed by atoms with Crippen LogP contribution >= 0.6 is 0 Å². The van der Waals surface area contributed by atoms with Crippen molar-refractivity contribution < 1.29 is 0 Å². The van der Waals surface area contributed by atoms with Crippen LogP contribution in [0.4, 0.5) is 5.69 Å². The second-order valence-electron chi connectivity index (χ2n) is 7.87. The normalized spacial score (nSPS) is 20.6. The first kappa shape index (κ1) is 14.8. The van der Waals surface area contributed by atoms with Crippen LogP contribution in [-0.4, -0.2) is 4.40 Å². The molecule has 2 aromatic heterocycles. The Morgan fingerprint density at radius 1 is 1.09 bits per heavy atom. The largest absolute Gasteiger partial charge is 0.294 e. The van der Waals surface area contributed by atoms with Crippen LogP contribution in [0.3, 0.4) is 0 Å². The van der Waals surface area contributed by atoms with Gasteiger partial charge in [0.25, 0.3) is 5.56 Å². The minimum absolute atomic E-state index is 0.0154. The Bertz CT molecular complexity index is 892. The third-order valence-electron chi connectivity index (χ3n) is 6.54. The summed E-state index contributed by atoms with van der Waals surface area (Å²) in [6.07, 6.45) is 1.76. The van der Waals surface area contributed by atoms with E-state index in [0.29, 0.717) is 11.2 Å². The van der Waals surface area contributed by atoms with E-state index in [0.717, 1.165) is 11.1 Å². The van der Waals surface area contributed by atoms with Gasteiger partial charge in [0.1, 0.15) is 0 Å². The average molecular weight is 294 g/mol. The minimum atomic E-state index is -0.224. The molecule has 0 aliphatic heterocycles. The highest BCUT2D eigenvalue weighted by Gasteiger charge is 2.58. The van der Waals surface area contributed by atoms with Crippen LogP contribution in [0.5, 0.6) is 0 Å². The van der Waals surface area contributed by atoms with Gasteiger partial charge in [0.05, 0.1) is 12.1 Å². The van der Waals surface area contributed by atoms with E-state index >= 15 is 0 Å². The van der Waals surface area contributed by atoms with Crippen molar-refractivity contribution in [1.29, 1.82) is 0 Å². The quantitative estimate of drug-likeness (QED) is 0.659. The van der Waals surface area contributed by atoms with Gasteiger partial charge in [-0.25, -0.2) is 4.85 Å². The smallest absolute Gasteiger partial charge is 0.258 e. The Kier molecular flexibility index (Phi) is 2.71. The third-order valence-corrected chi connectivity index (χ3v) is 6.54. The Morgan fingerprint density at radius 2 is 1.73 bits per heavy atom. The predicted octanol–water partition coefficient (Wildman–Crippen LogP) is 4.45. The van der Waals surface area contributed by atoms with Crippen molar-refractivity contribution in [2.24, 2.45) is 5.41 Å². The van der Waals surface area contributed by atoms with Crippen molar-refractivity contribution >= 4 is 11.2 Å². The second-order valence-corrected chi connectivity index (χ2v) is 7.87. The topological polar surface area (TPSA) is 25.8 Å². The van der Waals surface area contributed by atoms with Crippen molar-refractivity contribution in [3.05, 3.63) is 57.3 Å². The van der Waals surface area contributed by atoms with E-state index in [1.165, 1.54) is 0 Å². The van der Waals surface area contributed by atoms with E-state index < -0.39 is 0 Å². The maximum absolute atomic E-state index is 13.1. The van der Waals surface area contributed by atoms with Gasteiger partial charge in [-0.05, 0) is 22.5 Å². The molecule has 1 aliphatic rings. The highest BCUT2D eigenvalue weighted by atomic mass is 16.1. The van der Waals surface area contributed by atoms with Crippen LogP contribution < -0.4 is 5.56 Å². The summed E-state index contributed by atoms with van der Waals surface area (Å²) in [5.41, 5.74) is 2.82. The van der Waals surface area contributed by atoms with Crippen molar-refractivity contribution in [2.75, 3.05) is 0 Å². The molecule has 0 bridgehead atoms. The molecular formula is C19H22N2O. The summed E-state index contributed by atoms with van der Waals surface area (Å²) >= 11 is 0. The Balaban J connectivity index is 2.57. The maximum Gasteiger partial charge on any atom is 0.258 e. The molecule has 0 radical (unpaired) electrons. The van der Waals surface area contributed by atoms with Gasteiger partial charge in [-0.3, -0.25) is 9.20 Å². The van der Waals surface area contributed by atoms with Crippen molar-refractivity contribution in [2.45, 2.75) is 52.4 Å². The van der Waals surface area contributed by atoms with Crippen molar-refractivity contribution in [1.82, 2.24) is 4.40 Å². The van der Waals surface area contributed by atoms with Gasteiger partial charge in [0.15, 0.2) is 0 Å². The fourth-order valence-corrected chi connectivity index (χ4v) is 3.90. The third kappa shape index (κ3) is 1.43. The molecule has 0 unspecified atom stereocenters. The molecule has 2 heterocycles. The Labute approximate surface area is 131 Å². The summed E-state index contributed by atoms with van der Waals surface area (Å²) in [7, 11) is 0. The van der Waals surface area contributed by atoms with E-state index in [4.69, 9.17) is 6.57 Å². The zero-order chi connectivity index (χ0) is 16.5. The zero-order valence-electron chi connectivity index (χ0n) is 14.1. The fraction of sp³-hybridized carbons (Fsp3) is 0.474. The number of hydrogen-bond donors (Lipinski definition) is 0. The lowest BCUT2D eigenvalue weighted by molar-refractivity contribution is 0.124. The first-order valence-corrected chi connectivity index (χ1v) is 7.64. The van der Waals surface area contributed by atoms with Crippen molar-refractivity contribution in [3.63, 3.8) is 0 Å². The molecule has 3 rings (SSSR count). The molecule has 3 heteroatoms. The van der Waals surface area contributed by atoms with E-state index in [1.54, 1.807) is 22.7 Å². The van der Waals surface area contributed by atoms with Gasteiger partial charge in [-0.1, -0.05) is 53.7 Å². The highest BCUT2D eigenvalue weighted by molar-refractivity contribution is 5.74. The van der Waals surface area contributed by atoms with Crippen LogP contribution in [0.2, 0.25) is 0 Å². The van der Waals surface area contributed by atoms with Crippen LogP contribution in [-0.2, 0) is 10.8 Å². The average Bonchev–Trinajstić information content (AvgIpc) is 2.55. The van der Waals surface area contributed by atoms with E-state index in [9.17, 15) is 4.79 Å². The SMILES string of the molecule is [C-]#[N+]c1cccn2c(=O)c3c(cc12)C(C)(C)C(C)(C)C3(C)C. The summed E-state index contributed by atoms with van der Waals surface area (Å²) in [5.74, 6) is 0. The van der Waals surface area contributed by atoms with Crippen LogP contribution in [0.25, 0.3) is 10.4 Å². The Morgan fingerprint density at radius 3 is 2.32 bits per heavy atom. The van der Waals surface area contributed by atoms with Gasteiger partial charge >= 0.3 is 0 Å². The summed E-state index contributed by atoms with van der Waals surface area (Å²) in [5, 5.41) is 0. The molecule has 0 aromatic carbocycles. The summed E-state index contributed by atoms with van der Waals surface area (Å²) in [4.78, 5) is 16.7. The molecule has 1 aliphatic carbocycles. The van der Waals surface area contributed by atoms with Crippen molar-refractivity contribution in [3.8, 4) is 0 Å². The molecule has 22 heavy (non-hydrogen) atoms. The fourth-order valence-electron chi connectivity index (χ4n) is 3.90. The number of fused-ring (bicyclic) bond motifs is 2. The minimum Gasteiger partial charge on any atom is -0.294 e. The molecule has 0 N–H and O–H groups in total. The lowest BCUT2D eigenvalue weighted by atomic mass is 9.59. The monoisotopic (exact) mass is 294 g/mol. The lowest BCUT2D eigenvalue weighted by Crippen LogP contribution is -2.43. The maximum atomic E-state index is 13.1. The number of rotatable bonds is 0. The first-order valence-electron chi connectivity index (χ1n) is 7.64. The van der Waals surface area contributed by atoms with E-state index in [-0.39, 0.29) is 21.8 Å². The summed E-state index contributed by atoms with van der Waals surface area (Å²) < 4.78 is 1.63. The molecule has 0 amide bonds. The molecule has 0 fully saturated rings. The van der Waals surface area contributed by atoms with Gasteiger partial charge in [-0.2, -0.15) is 0 Å². The zero-order valence-corrected chi connectivity index (χ0v) is 14.1. The van der Waals surface area contributed by atoms with Gasteiger partial charge in [-0.15, -0.1) is 0 Å². The Hall–Kier alpha value is -2.08. The first-order chi connectivity index (χ1) is 10.1. The molecule has 114 valence electrons. The number of hydrogen-bond acceptors (Lipinski definition) is 1. The van der Waals surface area contributed by atoms with Gasteiger partial charge in [0.2, 0.25) is 5.69 Å². The standard InChI is InChI=1S/C19H22N2O/c1-17(2)12-11-14-13(20-7)9-8-10-21(14)16(22)15(12)18(3,4)19(17,5)6/h8-11H,1-6H3. The second kappa shape index (κ2) is 4.01. The van der Waals surface area contributed by atoms with Crippen LogP contribution in [0, 0.1) is 12.0 Å². The molecule has 0 saturated heterocycles. The molecule has 2 aromatic rings. The van der Waals surface area contributed by atoms with Gasteiger partial charge in [0, 0.05) is 17.2 Å². The number of pyridine rings is 2. The predicted molar refractivity (Wildman–Crippen MR) is 89.8 cm³/mol. The van der Waals surface area contributed by atoms with Crippen LogP contribution in [0.15, 0.2) is 29.2 Å². The molecular weight excluding hydrogens is 272 g/mol. The number of nitrogens with zero attached hydrogens (tertiary/aromatic N) is 2. The molecule has 0 spiro atoms.